The number of rotatable bonds is 8. The number of hydrogen-bond acceptors (Lipinski definition) is 3. The van der Waals surface area contributed by atoms with Crippen molar-refractivity contribution < 1.29 is 9.59 Å². The Morgan fingerprint density at radius 3 is 2.81 bits per heavy atom. The predicted molar refractivity (Wildman–Crippen MR) is 84.3 cm³/mol. The summed E-state index contributed by atoms with van der Waals surface area (Å²) in [7, 11) is 0. The molecule has 1 aromatic carbocycles. The molecule has 0 radical (unpaired) electrons. The Morgan fingerprint density at radius 2 is 2.05 bits per heavy atom. The fraction of sp³-hybridized carbons (Fsp3) is 0.529. The molecule has 0 aliphatic carbocycles. The molecule has 2 rings (SSSR count). The van der Waals surface area contributed by atoms with Crippen LogP contribution in [0.4, 0.5) is 5.69 Å². The smallest absolute Gasteiger partial charge is 0.242 e. The Balaban J connectivity index is 1.60. The van der Waals surface area contributed by atoms with Crippen LogP contribution >= 0.6 is 0 Å². The monoisotopic (exact) mass is 288 g/mol. The predicted octanol–water partition coefficient (Wildman–Crippen LogP) is 2.68. The number of para-hydroxylation sites is 1. The molecule has 1 aliphatic heterocycles. The lowest BCUT2D eigenvalue weighted by molar-refractivity contribution is -0.122. The lowest BCUT2D eigenvalue weighted by atomic mass is 10.1. The minimum atomic E-state index is -0.149. The summed E-state index contributed by atoms with van der Waals surface area (Å²) in [5.41, 5.74) is 2.27. The Bertz CT molecular complexity index is 474. The van der Waals surface area contributed by atoms with Crippen LogP contribution in [0.25, 0.3) is 0 Å². The summed E-state index contributed by atoms with van der Waals surface area (Å²) in [6.45, 7) is 2.59. The van der Waals surface area contributed by atoms with Crippen LogP contribution in [-0.4, -0.2) is 24.3 Å². The van der Waals surface area contributed by atoms with Crippen molar-refractivity contribution in [1.29, 1.82) is 0 Å². The third-order valence-corrected chi connectivity index (χ3v) is 3.91. The Labute approximate surface area is 126 Å². The van der Waals surface area contributed by atoms with Crippen molar-refractivity contribution in [3.63, 3.8) is 0 Å². The van der Waals surface area contributed by atoms with Gasteiger partial charge in [0.15, 0.2) is 0 Å². The van der Waals surface area contributed by atoms with E-state index in [0.717, 1.165) is 31.4 Å². The molecule has 0 spiro atoms. The van der Waals surface area contributed by atoms with Crippen molar-refractivity contribution >= 4 is 17.4 Å². The number of ketones is 1. The zero-order valence-electron chi connectivity index (χ0n) is 12.7. The highest BCUT2D eigenvalue weighted by Crippen LogP contribution is 2.24. The maximum Gasteiger partial charge on any atom is 0.242 e. The van der Waals surface area contributed by atoms with E-state index < -0.39 is 0 Å². The number of hydrogen-bond donors (Lipinski definition) is 2. The Morgan fingerprint density at radius 1 is 1.24 bits per heavy atom. The van der Waals surface area contributed by atoms with Crippen molar-refractivity contribution in [3.05, 3.63) is 29.8 Å². The molecule has 0 bridgehead atoms. The van der Waals surface area contributed by atoms with Crippen LogP contribution in [0.1, 0.15) is 44.6 Å². The van der Waals surface area contributed by atoms with Crippen LogP contribution in [0.2, 0.25) is 0 Å². The van der Waals surface area contributed by atoms with Gasteiger partial charge in [0.05, 0.1) is 0 Å². The molecule has 0 fully saturated rings. The minimum absolute atomic E-state index is 0.0656. The van der Waals surface area contributed by atoms with E-state index in [2.05, 4.69) is 16.7 Å². The van der Waals surface area contributed by atoms with E-state index >= 15 is 0 Å². The normalized spacial score (nSPS) is 16.1. The summed E-state index contributed by atoms with van der Waals surface area (Å²) in [5, 5.41) is 6.23. The van der Waals surface area contributed by atoms with Gasteiger partial charge in [-0.3, -0.25) is 9.59 Å². The van der Waals surface area contributed by atoms with Crippen molar-refractivity contribution in [2.45, 2.75) is 51.5 Å². The van der Waals surface area contributed by atoms with Crippen molar-refractivity contribution in [2.24, 2.45) is 0 Å². The largest absolute Gasteiger partial charge is 0.373 e. The minimum Gasteiger partial charge on any atom is -0.373 e. The molecule has 1 unspecified atom stereocenters. The average Bonchev–Trinajstić information content (AvgIpc) is 2.94. The molecule has 1 aromatic rings. The van der Waals surface area contributed by atoms with E-state index in [-0.39, 0.29) is 11.9 Å². The lowest BCUT2D eigenvalue weighted by Gasteiger charge is -2.11. The molecular weight excluding hydrogens is 264 g/mol. The van der Waals surface area contributed by atoms with Gasteiger partial charge in [0.1, 0.15) is 11.8 Å². The second-order valence-corrected chi connectivity index (χ2v) is 5.55. The average molecular weight is 288 g/mol. The highest BCUT2D eigenvalue weighted by molar-refractivity contribution is 5.87. The first-order chi connectivity index (χ1) is 10.2. The third-order valence-electron chi connectivity index (χ3n) is 3.91. The summed E-state index contributed by atoms with van der Waals surface area (Å²) >= 11 is 0. The zero-order chi connectivity index (χ0) is 15.1. The zero-order valence-corrected chi connectivity index (χ0v) is 12.7. The quantitative estimate of drug-likeness (QED) is 0.723. The second kappa shape index (κ2) is 7.81. The van der Waals surface area contributed by atoms with Gasteiger partial charge >= 0.3 is 0 Å². The van der Waals surface area contributed by atoms with Gasteiger partial charge in [-0.1, -0.05) is 31.5 Å². The van der Waals surface area contributed by atoms with E-state index in [1.54, 1.807) is 0 Å². The van der Waals surface area contributed by atoms with Gasteiger partial charge in [0, 0.05) is 31.5 Å². The number of amides is 1. The van der Waals surface area contributed by atoms with E-state index in [0.29, 0.717) is 25.2 Å². The molecule has 0 saturated carbocycles. The number of carbonyl (C=O) groups excluding carboxylic acids is 2. The summed E-state index contributed by atoms with van der Waals surface area (Å²) in [6.07, 6.45) is 4.91. The number of Topliss-reactive ketones (excluding diaryl/α,β-unsaturated/α-hetero) is 1. The molecule has 0 saturated heterocycles. The van der Waals surface area contributed by atoms with Crippen molar-refractivity contribution in [3.8, 4) is 0 Å². The molecule has 1 amide bonds. The van der Waals surface area contributed by atoms with E-state index in [4.69, 9.17) is 0 Å². The first-order valence-corrected chi connectivity index (χ1v) is 7.84. The van der Waals surface area contributed by atoms with Crippen molar-refractivity contribution in [1.82, 2.24) is 5.32 Å². The summed E-state index contributed by atoms with van der Waals surface area (Å²) in [5.74, 6) is 0.391. The number of nitrogens with one attached hydrogen (secondary N) is 2. The first-order valence-electron chi connectivity index (χ1n) is 7.84. The van der Waals surface area contributed by atoms with E-state index in [9.17, 15) is 9.59 Å². The topological polar surface area (TPSA) is 58.2 Å². The fourth-order valence-corrected chi connectivity index (χ4v) is 2.59. The van der Waals surface area contributed by atoms with Gasteiger partial charge in [-0.15, -0.1) is 0 Å². The lowest BCUT2D eigenvalue weighted by Crippen LogP contribution is -2.38. The molecule has 21 heavy (non-hydrogen) atoms. The molecule has 114 valence electrons. The Kier molecular flexibility index (Phi) is 5.78. The van der Waals surface area contributed by atoms with Gasteiger partial charge < -0.3 is 10.6 Å². The third kappa shape index (κ3) is 4.59. The summed E-state index contributed by atoms with van der Waals surface area (Å²) in [4.78, 5) is 23.2. The van der Waals surface area contributed by atoms with Crippen LogP contribution in [0.15, 0.2) is 24.3 Å². The number of benzene rings is 1. The van der Waals surface area contributed by atoms with Crippen LogP contribution in [0.5, 0.6) is 0 Å². The van der Waals surface area contributed by atoms with Crippen LogP contribution in [0.3, 0.4) is 0 Å². The highest BCUT2D eigenvalue weighted by atomic mass is 16.2. The maximum atomic E-state index is 12.1. The van der Waals surface area contributed by atoms with Gasteiger partial charge in [-0.2, -0.15) is 0 Å². The summed E-state index contributed by atoms with van der Waals surface area (Å²) < 4.78 is 0. The maximum absolute atomic E-state index is 12.1. The molecule has 4 heteroatoms. The Hall–Kier alpha value is -1.84. The molecule has 4 nitrogen and oxygen atoms in total. The number of unbranched alkanes of at least 4 members (excludes halogenated alkanes) is 2. The molecule has 1 heterocycles. The first kappa shape index (κ1) is 15.5. The number of fused-ring (bicyclic) bond motifs is 1. The second-order valence-electron chi connectivity index (χ2n) is 5.55. The van der Waals surface area contributed by atoms with Crippen LogP contribution in [-0.2, 0) is 16.0 Å². The van der Waals surface area contributed by atoms with E-state index in [1.807, 2.05) is 25.1 Å². The molecule has 1 aliphatic rings. The van der Waals surface area contributed by atoms with Gasteiger partial charge in [-0.05, 0) is 24.5 Å². The fourth-order valence-electron chi connectivity index (χ4n) is 2.59. The molecular formula is C17H24N2O2. The highest BCUT2D eigenvalue weighted by Gasteiger charge is 2.25. The standard InChI is InChI=1S/C17H24N2O2/c1-2-14(20)9-4-3-7-11-18-17(21)16-12-13-8-5-6-10-15(13)19-16/h5-6,8,10,16,19H,2-4,7,9,11-12H2,1H3,(H,18,21). The van der Waals surface area contributed by atoms with Gasteiger partial charge in [0.25, 0.3) is 0 Å². The van der Waals surface area contributed by atoms with Crippen LogP contribution < -0.4 is 10.6 Å². The van der Waals surface area contributed by atoms with Crippen molar-refractivity contribution in [2.75, 3.05) is 11.9 Å². The summed E-state index contributed by atoms with van der Waals surface area (Å²) in [6, 6.07) is 7.89. The van der Waals surface area contributed by atoms with Gasteiger partial charge in [-0.25, -0.2) is 0 Å². The van der Waals surface area contributed by atoms with E-state index in [1.165, 1.54) is 5.56 Å². The molecule has 1 atom stereocenters. The van der Waals surface area contributed by atoms with Crippen LogP contribution in [0, 0.1) is 0 Å². The van der Waals surface area contributed by atoms with Gasteiger partial charge in [0.2, 0.25) is 5.91 Å². The number of anilines is 1. The SMILES string of the molecule is CCC(=O)CCCCCNC(=O)C1Cc2ccccc2N1. The molecule has 0 aromatic heterocycles. The number of carbonyl (C=O) groups is 2. The molecule has 2 N–H and O–H groups in total.